The molecular formula is C12H15NO. The summed E-state index contributed by atoms with van der Waals surface area (Å²) >= 11 is 0. The van der Waals surface area contributed by atoms with Crippen LogP contribution in [0.4, 0.5) is 0 Å². The maximum absolute atomic E-state index is 7.89. The molecule has 0 aromatic heterocycles. The molecular weight excluding hydrogens is 174 g/mol. The number of rotatable bonds is 0. The van der Waals surface area contributed by atoms with Crippen molar-refractivity contribution in [3.05, 3.63) is 29.3 Å². The summed E-state index contributed by atoms with van der Waals surface area (Å²) < 4.78 is 5.31. The predicted octanol–water partition coefficient (Wildman–Crippen LogP) is 3.05. The van der Waals surface area contributed by atoms with E-state index in [9.17, 15) is 0 Å². The van der Waals surface area contributed by atoms with E-state index in [-0.39, 0.29) is 5.92 Å². The molecule has 2 bridgehead atoms. The molecule has 1 heterocycles. The monoisotopic (exact) mass is 189 g/mol. The largest absolute Gasteiger partial charge is 0.489 e. The molecule has 0 amide bonds. The van der Waals surface area contributed by atoms with E-state index in [1.165, 1.54) is 11.1 Å². The molecule has 1 aliphatic rings. The lowest BCUT2D eigenvalue weighted by Crippen LogP contribution is -1.81. The van der Waals surface area contributed by atoms with Crippen molar-refractivity contribution in [2.45, 2.75) is 27.4 Å². The molecule has 0 fully saturated rings. The molecule has 0 aliphatic carbocycles. The second kappa shape index (κ2) is 4.66. The average Bonchev–Trinajstić information content (AvgIpc) is 2.44. The van der Waals surface area contributed by atoms with Crippen LogP contribution in [0.5, 0.6) is 5.75 Å². The molecule has 0 atom stereocenters. The quantitative estimate of drug-likeness (QED) is 0.628. The molecule has 0 saturated heterocycles. The first-order valence-corrected chi connectivity index (χ1v) is 4.76. The van der Waals surface area contributed by atoms with Gasteiger partial charge in [0.1, 0.15) is 12.4 Å². The van der Waals surface area contributed by atoms with Gasteiger partial charge in [-0.05, 0) is 38.0 Å². The first-order chi connectivity index (χ1) is 6.65. The Bertz CT molecular complexity index is 328. The highest BCUT2D eigenvalue weighted by Gasteiger charge is 2.11. The van der Waals surface area contributed by atoms with Crippen molar-refractivity contribution in [1.82, 2.24) is 0 Å². The normalized spacial score (nSPS) is 11.4. The van der Waals surface area contributed by atoms with E-state index < -0.39 is 0 Å². The Labute approximate surface area is 85.1 Å². The molecule has 1 aromatic rings. The molecule has 0 radical (unpaired) electrons. The van der Waals surface area contributed by atoms with E-state index in [0.717, 1.165) is 12.4 Å². The second-order valence-electron chi connectivity index (χ2n) is 3.61. The Morgan fingerprint density at radius 2 is 2.07 bits per heavy atom. The van der Waals surface area contributed by atoms with Crippen molar-refractivity contribution in [3.8, 4) is 11.8 Å². The van der Waals surface area contributed by atoms with Crippen molar-refractivity contribution in [2.75, 3.05) is 0 Å². The molecule has 0 saturated carbocycles. The highest BCUT2D eigenvalue weighted by Crippen LogP contribution is 2.28. The minimum atomic E-state index is 0.190. The van der Waals surface area contributed by atoms with Crippen LogP contribution in [0.2, 0.25) is 0 Å². The summed E-state index contributed by atoms with van der Waals surface area (Å²) in [4.78, 5) is 0. The maximum atomic E-state index is 7.89. The van der Waals surface area contributed by atoms with Gasteiger partial charge in [0.2, 0.25) is 0 Å². The van der Waals surface area contributed by atoms with Crippen LogP contribution >= 0.6 is 0 Å². The zero-order valence-electron chi connectivity index (χ0n) is 8.87. The first-order valence-electron chi connectivity index (χ1n) is 4.76. The Morgan fingerprint density at radius 1 is 1.43 bits per heavy atom. The molecule has 0 unspecified atom stereocenters. The van der Waals surface area contributed by atoms with Crippen LogP contribution in [0.25, 0.3) is 0 Å². The second-order valence-corrected chi connectivity index (χ2v) is 3.61. The summed E-state index contributed by atoms with van der Waals surface area (Å²) in [5.41, 5.74) is 2.63. The summed E-state index contributed by atoms with van der Waals surface area (Å²) in [6, 6.07) is 8.17. The van der Waals surface area contributed by atoms with Gasteiger partial charge in [0.05, 0.1) is 6.07 Å². The zero-order chi connectivity index (χ0) is 10.6. The topological polar surface area (TPSA) is 33.0 Å². The van der Waals surface area contributed by atoms with E-state index in [0.29, 0.717) is 0 Å². The van der Waals surface area contributed by atoms with E-state index in [2.05, 4.69) is 13.0 Å². The van der Waals surface area contributed by atoms with Crippen LogP contribution in [-0.2, 0) is 6.61 Å². The number of benzene rings is 1. The van der Waals surface area contributed by atoms with Crippen LogP contribution in [0, 0.1) is 24.2 Å². The third-order valence-electron chi connectivity index (χ3n) is 2.04. The van der Waals surface area contributed by atoms with Gasteiger partial charge in [0.25, 0.3) is 0 Å². The molecule has 0 spiro atoms. The highest BCUT2D eigenvalue weighted by molar-refractivity contribution is 5.42. The van der Waals surface area contributed by atoms with Crippen molar-refractivity contribution in [1.29, 1.82) is 5.26 Å². The lowest BCUT2D eigenvalue weighted by atomic mass is 10.1. The molecule has 1 aliphatic heterocycles. The van der Waals surface area contributed by atoms with Crippen molar-refractivity contribution in [2.24, 2.45) is 5.92 Å². The number of nitrogens with zero attached hydrogens (tertiary/aromatic N) is 1. The van der Waals surface area contributed by atoms with Gasteiger partial charge < -0.3 is 4.74 Å². The molecule has 2 heteroatoms. The summed E-state index contributed by atoms with van der Waals surface area (Å²) in [7, 11) is 0. The van der Waals surface area contributed by atoms with E-state index in [4.69, 9.17) is 10.00 Å². The zero-order valence-corrected chi connectivity index (χ0v) is 8.87. The van der Waals surface area contributed by atoms with E-state index >= 15 is 0 Å². The third-order valence-corrected chi connectivity index (χ3v) is 2.04. The van der Waals surface area contributed by atoms with Crippen LogP contribution in [-0.4, -0.2) is 0 Å². The highest BCUT2D eigenvalue weighted by atomic mass is 16.5. The van der Waals surface area contributed by atoms with Crippen molar-refractivity contribution < 1.29 is 4.74 Å². The lowest BCUT2D eigenvalue weighted by Gasteiger charge is -1.91. The minimum Gasteiger partial charge on any atom is -0.489 e. The summed E-state index contributed by atoms with van der Waals surface area (Å²) in [6.45, 7) is 6.59. The third kappa shape index (κ3) is 2.50. The fourth-order valence-corrected chi connectivity index (χ4v) is 1.13. The number of hydrogen-bond donors (Lipinski definition) is 0. The van der Waals surface area contributed by atoms with Crippen molar-refractivity contribution in [3.63, 3.8) is 0 Å². The minimum absolute atomic E-state index is 0.190. The van der Waals surface area contributed by atoms with Gasteiger partial charge >= 0.3 is 0 Å². The van der Waals surface area contributed by atoms with E-state index in [1.54, 1.807) is 0 Å². The Hall–Kier alpha value is -1.49. The number of nitriles is 1. The molecule has 14 heavy (non-hydrogen) atoms. The Morgan fingerprint density at radius 3 is 2.50 bits per heavy atom. The molecule has 74 valence electrons. The van der Waals surface area contributed by atoms with Crippen LogP contribution in [0.3, 0.4) is 0 Å². The molecule has 0 N–H and O–H groups in total. The van der Waals surface area contributed by atoms with Crippen LogP contribution in [0.15, 0.2) is 18.2 Å². The SMILES string of the molecule is CC(C)C#N.Cc1c2cccc1OC2. The lowest BCUT2D eigenvalue weighted by molar-refractivity contribution is 0.327. The van der Waals surface area contributed by atoms with Gasteiger partial charge in [0.15, 0.2) is 0 Å². The fraction of sp³-hybridized carbons (Fsp3) is 0.417. The van der Waals surface area contributed by atoms with Gasteiger partial charge in [-0.1, -0.05) is 12.1 Å². The Balaban J connectivity index is 0.000000171. The smallest absolute Gasteiger partial charge is 0.123 e. The Kier molecular flexibility index (Phi) is 3.53. The first kappa shape index (κ1) is 10.6. The fourth-order valence-electron chi connectivity index (χ4n) is 1.13. The van der Waals surface area contributed by atoms with Crippen LogP contribution < -0.4 is 4.74 Å². The average molecular weight is 189 g/mol. The summed E-state index contributed by atoms with van der Waals surface area (Å²) in [5.74, 6) is 1.24. The standard InChI is InChI=1S/C8H8O.C4H7N/c1-6-7-3-2-4-8(6)9-5-7;1-4(2)3-5/h2-4H,5H2,1H3;4H,1-2H3. The van der Waals surface area contributed by atoms with E-state index in [1.807, 2.05) is 32.0 Å². The predicted molar refractivity (Wildman–Crippen MR) is 56.0 cm³/mol. The maximum Gasteiger partial charge on any atom is 0.123 e. The molecule has 2 rings (SSSR count). The number of ether oxygens (including phenoxy) is 1. The molecule has 2 nitrogen and oxygen atoms in total. The summed E-state index contributed by atoms with van der Waals surface area (Å²) in [5, 5.41) is 7.89. The van der Waals surface area contributed by atoms with Gasteiger partial charge in [-0.3, -0.25) is 0 Å². The van der Waals surface area contributed by atoms with Gasteiger partial charge in [-0.2, -0.15) is 5.26 Å². The number of fused-ring (bicyclic) bond motifs is 2. The van der Waals surface area contributed by atoms with Crippen LogP contribution in [0.1, 0.15) is 25.0 Å². The van der Waals surface area contributed by atoms with Gasteiger partial charge in [-0.15, -0.1) is 0 Å². The van der Waals surface area contributed by atoms with Crippen molar-refractivity contribution >= 4 is 0 Å². The van der Waals surface area contributed by atoms with Gasteiger partial charge in [-0.25, -0.2) is 0 Å². The molecule has 1 aromatic carbocycles. The van der Waals surface area contributed by atoms with Gasteiger partial charge in [0, 0.05) is 5.92 Å². The summed E-state index contributed by atoms with van der Waals surface area (Å²) in [6.07, 6.45) is 0. The number of hydrogen-bond acceptors (Lipinski definition) is 2.